The Kier molecular flexibility index (Phi) is 4.05. The average molecular weight is 237 g/mol. The van der Waals surface area contributed by atoms with E-state index in [4.69, 9.17) is 0 Å². The van der Waals surface area contributed by atoms with Crippen molar-refractivity contribution >= 4 is 5.57 Å². The first-order chi connectivity index (χ1) is 8.83. The van der Waals surface area contributed by atoms with Gasteiger partial charge in [-0.3, -0.25) is 4.98 Å². The van der Waals surface area contributed by atoms with Gasteiger partial charge in [0.2, 0.25) is 0 Å². The van der Waals surface area contributed by atoms with Crippen LogP contribution in [0.2, 0.25) is 0 Å². The van der Waals surface area contributed by atoms with Gasteiger partial charge >= 0.3 is 0 Å². The van der Waals surface area contributed by atoms with Gasteiger partial charge in [0.25, 0.3) is 0 Å². The van der Waals surface area contributed by atoms with Crippen LogP contribution in [0.4, 0.5) is 0 Å². The summed E-state index contributed by atoms with van der Waals surface area (Å²) >= 11 is 0. The molecule has 2 rings (SSSR count). The number of benzene rings is 1. The molecule has 0 aliphatic rings. The number of aromatic nitrogens is 1. The molecule has 0 aliphatic heterocycles. The quantitative estimate of drug-likeness (QED) is 0.827. The van der Waals surface area contributed by atoms with Crippen LogP contribution in [0.25, 0.3) is 5.57 Å². The number of rotatable bonds is 4. The highest BCUT2D eigenvalue weighted by molar-refractivity contribution is 5.70. The van der Waals surface area contributed by atoms with Crippen molar-refractivity contribution in [1.29, 1.82) is 0 Å². The molecule has 0 amide bonds. The fourth-order valence-electron chi connectivity index (χ4n) is 1.80. The molecular weight excluding hydrogens is 222 g/mol. The molecule has 0 unspecified atom stereocenters. The number of pyridine rings is 1. The Balaban J connectivity index is 2.38. The minimum Gasteiger partial charge on any atom is -0.382 e. The first-order valence-corrected chi connectivity index (χ1v) is 5.80. The van der Waals surface area contributed by atoms with E-state index in [9.17, 15) is 5.11 Å². The predicted octanol–water partition coefficient (Wildman–Crippen LogP) is 3.38. The molecule has 2 heteroatoms. The van der Waals surface area contributed by atoms with Crippen molar-refractivity contribution in [3.63, 3.8) is 0 Å². The molecule has 90 valence electrons. The van der Waals surface area contributed by atoms with E-state index < -0.39 is 6.10 Å². The lowest BCUT2D eigenvalue weighted by molar-refractivity contribution is 0.233. The molecule has 0 saturated heterocycles. The second-order valence-corrected chi connectivity index (χ2v) is 3.88. The molecule has 0 fully saturated rings. The van der Waals surface area contributed by atoms with E-state index >= 15 is 0 Å². The second-order valence-electron chi connectivity index (χ2n) is 3.88. The summed E-state index contributed by atoms with van der Waals surface area (Å²) in [5, 5.41) is 10.4. The van der Waals surface area contributed by atoms with Gasteiger partial charge in [0.15, 0.2) is 0 Å². The van der Waals surface area contributed by atoms with Crippen LogP contribution in [0.5, 0.6) is 0 Å². The van der Waals surface area contributed by atoms with Gasteiger partial charge in [-0.25, -0.2) is 0 Å². The molecule has 1 aromatic heterocycles. The van der Waals surface area contributed by atoms with Gasteiger partial charge in [-0.2, -0.15) is 0 Å². The monoisotopic (exact) mass is 237 g/mol. The molecule has 1 N–H and O–H groups in total. The molecule has 18 heavy (non-hydrogen) atoms. The molecule has 0 bridgehead atoms. The Morgan fingerprint density at radius 2 is 1.83 bits per heavy atom. The van der Waals surface area contributed by atoms with E-state index in [1.165, 1.54) is 0 Å². The molecule has 0 spiro atoms. The summed E-state index contributed by atoms with van der Waals surface area (Å²) in [5.41, 5.74) is 2.40. The summed E-state index contributed by atoms with van der Waals surface area (Å²) in [7, 11) is 0. The summed E-state index contributed by atoms with van der Waals surface area (Å²) < 4.78 is 0. The third kappa shape index (κ3) is 2.73. The molecule has 2 aromatic rings. The van der Waals surface area contributed by atoms with E-state index in [1.54, 1.807) is 12.3 Å². The molecule has 0 radical (unpaired) electrons. The van der Waals surface area contributed by atoms with Gasteiger partial charge < -0.3 is 5.11 Å². The summed E-state index contributed by atoms with van der Waals surface area (Å²) in [4.78, 5) is 4.18. The zero-order valence-electron chi connectivity index (χ0n) is 10.0. The third-order valence-electron chi connectivity index (χ3n) is 2.67. The maximum Gasteiger partial charge on any atom is 0.122 e. The van der Waals surface area contributed by atoms with Crippen molar-refractivity contribution in [1.82, 2.24) is 4.98 Å². The van der Waals surface area contributed by atoms with Crippen molar-refractivity contribution in [2.24, 2.45) is 0 Å². The third-order valence-corrected chi connectivity index (χ3v) is 2.67. The van der Waals surface area contributed by atoms with E-state index in [0.29, 0.717) is 5.69 Å². The van der Waals surface area contributed by atoms with Crippen LogP contribution in [0.3, 0.4) is 0 Å². The largest absolute Gasteiger partial charge is 0.382 e. The van der Waals surface area contributed by atoms with Crippen molar-refractivity contribution in [2.45, 2.75) is 6.10 Å². The molecule has 1 aromatic carbocycles. The zero-order chi connectivity index (χ0) is 12.8. The second kappa shape index (κ2) is 5.94. The summed E-state index contributed by atoms with van der Waals surface area (Å²) in [5.74, 6) is 0. The number of aliphatic hydroxyl groups is 1. The highest BCUT2D eigenvalue weighted by Crippen LogP contribution is 2.28. The van der Waals surface area contributed by atoms with Gasteiger partial charge in [-0.1, -0.05) is 55.1 Å². The number of nitrogens with zero attached hydrogens (tertiary/aromatic N) is 1. The zero-order valence-corrected chi connectivity index (χ0v) is 10.0. The number of aliphatic hydroxyl groups excluding tert-OH is 1. The van der Waals surface area contributed by atoms with Crippen LogP contribution >= 0.6 is 0 Å². The standard InChI is InChI=1S/C16H15NO/c1-2-8-14(13-9-4-3-5-10-13)16(18)15-11-6-7-12-17-15/h2-12,16,18H,1H2/b14-8+/t16-/m1/s1. The van der Waals surface area contributed by atoms with Crippen LogP contribution in [0.1, 0.15) is 17.4 Å². The normalized spacial score (nSPS) is 13.1. The fraction of sp³-hybridized carbons (Fsp3) is 0.0625. The Bertz CT molecular complexity index is 532. The fourth-order valence-corrected chi connectivity index (χ4v) is 1.80. The van der Waals surface area contributed by atoms with Crippen molar-refractivity contribution in [3.8, 4) is 0 Å². The molecule has 1 atom stereocenters. The van der Waals surface area contributed by atoms with Gasteiger partial charge in [0, 0.05) is 6.20 Å². The van der Waals surface area contributed by atoms with Crippen LogP contribution in [-0.4, -0.2) is 10.1 Å². The SMILES string of the molecule is C=C/C=C(\c1ccccc1)[C@@H](O)c1ccccn1. The van der Waals surface area contributed by atoms with Crippen LogP contribution in [0.15, 0.2) is 73.5 Å². The van der Waals surface area contributed by atoms with Crippen LogP contribution in [0, 0.1) is 0 Å². The predicted molar refractivity (Wildman–Crippen MR) is 73.8 cm³/mol. The average Bonchev–Trinajstić information content (AvgIpc) is 2.46. The number of allylic oxidation sites excluding steroid dienone is 2. The minimum absolute atomic E-state index is 0.634. The Hall–Kier alpha value is -2.19. The molecular formula is C16H15NO. The number of hydrogen-bond donors (Lipinski definition) is 1. The topological polar surface area (TPSA) is 33.1 Å². The van der Waals surface area contributed by atoms with E-state index in [2.05, 4.69) is 11.6 Å². The summed E-state index contributed by atoms with van der Waals surface area (Å²) in [6, 6.07) is 15.3. The summed E-state index contributed by atoms with van der Waals surface area (Å²) in [6.45, 7) is 3.69. The summed E-state index contributed by atoms with van der Waals surface area (Å²) in [6.07, 6.45) is 4.42. The molecule has 0 saturated carbocycles. The van der Waals surface area contributed by atoms with Gasteiger partial charge in [-0.05, 0) is 23.3 Å². The first-order valence-electron chi connectivity index (χ1n) is 5.80. The maximum atomic E-state index is 10.4. The Labute approximate surface area is 107 Å². The highest BCUT2D eigenvalue weighted by atomic mass is 16.3. The lowest BCUT2D eigenvalue weighted by Crippen LogP contribution is -2.03. The smallest absolute Gasteiger partial charge is 0.122 e. The van der Waals surface area contributed by atoms with Crippen LogP contribution in [-0.2, 0) is 0 Å². The van der Waals surface area contributed by atoms with Gasteiger partial charge in [0.1, 0.15) is 6.10 Å². The van der Waals surface area contributed by atoms with Gasteiger partial charge in [-0.15, -0.1) is 0 Å². The lowest BCUT2D eigenvalue weighted by atomic mass is 9.97. The molecule has 1 heterocycles. The van der Waals surface area contributed by atoms with E-state index in [-0.39, 0.29) is 0 Å². The Morgan fingerprint density at radius 3 is 2.44 bits per heavy atom. The molecule has 2 nitrogen and oxygen atoms in total. The first kappa shape index (κ1) is 12.3. The van der Waals surface area contributed by atoms with Crippen LogP contribution < -0.4 is 0 Å². The van der Waals surface area contributed by atoms with E-state index in [0.717, 1.165) is 11.1 Å². The van der Waals surface area contributed by atoms with Crippen molar-refractivity contribution in [3.05, 3.63) is 84.7 Å². The molecule has 0 aliphatic carbocycles. The number of hydrogen-bond acceptors (Lipinski definition) is 2. The van der Waals surface area contributed by atoms with E-state index in [1.807, 2.05) is 54.6 Å². The minimum atomic E-state index is -0.744. The van der Waals surface area contributed by atoms with Crippen molar-refractivity contribution in [2.75, 3.05) is 0 Å². The Morgan fingerprint density at radius 1 is 1.11 bits per heavy atom. The van der Waals surface area contributed by atoms with Crippen molar-refractivity contribution < 1.29 is 5.11 Å². The van der Waals surface area contributed by atoms with Gasteiger partial charge in [0.05, 0.1) is 5.69 Å². The lowest BCUT2D eigenvalue weighted by Gasteiger charge is -2.14. The maximum absolute atomic E-state index is 10.4. The highest BCUT2D eigenvalue weighted by Gasteiger charge is 2.15.